The molecule has 1 N–H and O–H groups in total. The molecule has 0 unspecified atom stereocenters. The lowest BCUT2D eigenvalue weighted by Gasteiger charge is -2.31. The zero-order chi connectivity index (χ0) is 21.2. The van der Waals surface area contributed by atoms with Gasteiger partial charge in [0, 0.05) is 19.0 Å². The van der Waals surface area contributed by atoms with Crippen LogP contribution in [0.1, 0.15) is 35.7 Å². The van der Waals surface area contributed by atoms with E-state index in [1.807, 2.05) is 52.1 Å². The van der Waals surface area contributed by atoms with E-state index in [4.69, 9.17) is 4.98 Å². The summed E-state index contributed by atoms with van der Waals surface area (Å²) in [5.74, 6) is 0.892. The van der Waals surface area contributed by atoms with Crippen molar-refractivity contribution in [3.8, 4) is 0 Å². The minimum atomic E-state index is -0.265. The molecule has 9 heteroatoms. The second-order valence-corrected chi connectivity index (χ2v) is 8.60. The number of hydrogen-bond acceptors (Lipinski definition) is 6. The van der Waals surface area contributed by atoms with Crippen LogP contribution in [0.2, 0.25) is 0 Å². The van der Waals surface area contributed by atoms with E-state index in [9.17, 15) is 9.59 Å². The Bertz CT molecular complexity index is 1240. The number of aromatic amines is 1. The molecule has 1 aromatic carbocycles. The predicted octanol–water partition coefficient (Wildman–Crippen LogP) is 2.57. The van der Waals surface area contributed by atoms with Crippen molar-refractivity contribution in [3.63, 3.8) is 0 Å². The number of H-pyrrole nitrogens is 1. The van der Waals surface area contributed by atoms with Crippen molar-refractivity contribution < 1.29 is 4.79 Å². The molecular weight excluding hydrogens is 412 g/mol. The first-order valence-corrected chi connectivity index (χ1v) is 11.3. The topological polar surface area (TPSA) is 96.8 Å². The highest BCUT2D eigenvalue weighted by Gasteiger charge is 2.26. The molecule has 0 spiro atoms. The predicted molar refractivity (Wildman–Crippen MR) is 118 cm³/mol. The molecular formula is C22H22N6O2S. The Balaban J connectivity index is 1.30. The molecule has 31 heavy (non-hydrogen) atoms. The number of nitrogens with one attached hydrogen (secondary N) is 1. The zero-order valence-corrected chi connectivity index (χ0v) is 17.7. The number of carbonyl (C=O) groups excluding carboxylic acids is 1. The summed E-state index contributed by atoms with van der Waals surface area (Å²) in [6, 6.07) is 11.8. The van der Waals surface area contributed by atoms with Gasteiger partial charge in [0.05, 0.1) is 13.0 Å². The Hall–Kier alpha value is -3.33. The molecule has 4 heterocycles. The fourth-order valence-corrected chi connectivity index (χ4v) is 4.68. The quantitative estimate of drug-likeness (QED) is 0.521. The third-order valence-electron chi connectivity index (χ3n) is 5.74. The van der Waals surface area contributed by atoms with E-state index in [1.54, 1.807) is 16.0 Å². The van der Waals surface area contributed by atoms with Gasteiger partial charge >= 0.3 is 0 Å². The minimum absolute atomic E-state index is 0.0994. The van der Waals surface area contributed by atoms with E-state index >= 15 is 0 Å². The van der Waals surface area contributed by atoms with Gasteiger partial charge in [0.25, 0.3) is 5.56 Å². The average molecular weight is 435 g/mol. The first-order valence-electron chi connectivity index (χ1n) is 10.3. The summed E-state index contributed by atoms with van der Waals surface area (Å²) in [6.07, 6.45) is 1.95. The number of nitrogens with zero attached hydrogens (tertiary/aromatic N) is 5. The van der Waals surface area contributed by atoms with Gasteiger partial charge in [0.15, 0.2) is 11.2 Å². The molecule has 1 amide bonds. The molecule has 158 valence electrons. The molecule has 0 atom stereocenters. The molecule has 4 aromatic rings. The molecule has 5 rings (SSSR count). The van der Waals surface area contributed by atoms with E-state index in [0.29, 0.717) is 37.5 Å². The number of likely N-dealkylation sites (tertiary alicyclic amines) is 1. The maximum absolute atomic E-state index is 12.6. The maximum Gasteiger partial charge on any atom is 0.281 e. The summed E-state index contributed by atoms with van der Waals surface area (Å²) in [5, 5.41) is 12.2. The monoisotopic (exact) mass is 434 g/mol. The van der Waals surface area contributed by atoms with Gasteiger partial charge in [-0.05, 0) is 40.8 Å². The SMILES string of the molecule is O=C(Cc1ccccc1)N1CCC(c2nc3c(nnn3Cc3ccsc3)c(=O)[nH]2)CC1. The third-order valence-corrected chi connectivity index (χ3v) is 6.47. The molecule has 0 aliphatic carbocycles. The third kappa shape index (κ3) is 4.13. The number of rotatable bonds is 5. The van der Waals surface area contributed by atoms with Gasteiger partial charge in [0.1, 0.15) is 5.82 Å². The van der Waals surface area contributed by atoms with Crippen molar-refractivity contribution in [2.24, 2.45) is 0 Å². The van der Waals surface area contributed by atoms with E-state index < -0.39 is 0 Å². The van der Waals surface area contributed by atoms with Gasteiger partial charge in [-0.1, -0.05) is 35.5 Å². The number of aromatic nitrogens is 5. The van der Waals surface area contributed by atoms with Gasteiger partial charge in [0.2, 0.25) is 5.91 Å². The number of piperidine rings is 1. The lowest BCUT2D eigenvalue weighted by Crippen LogP contribution is -2.39. The smallest absolute Gasteiger partial charge is 0.281 e. The van der Waals surface area contributed by atoms with Crippen LogP contribution >= 0.6 is 11.3 Å². The van der Waals surface area contributed by atoms with Crippen LogP contribution in [-0.4, -0.2) is 48.9 Å². The van der Waals surface area contributed by atoms with Crippen LogP contribution in [0.15, 0.2) is 52.0 Å². The normalized spacial score (nSPS) is 14.9. The lowest BCUT2D eigenvalue weighted by atomic mass is 9.95. The highest BCUT2D eigenvalue weighted by molar-refractivity contribution is 7.07. The molecule has 1 fully saturated rings. The van der Waals surface area contributed by atoms with Crippen LogP contribution in [-0.2, 0) is 17.8 Å². The van der Waals surface area contributed by atoms with E-state index in [0.717, 1.165) is 24.0 Å². The molecule has 1 aliphatic heterocycles. The number of fused-ring (bicyclic) bond motifs is 1. The molecule has 1 saturated heterocycles. The van der Waals surface area contributed by atoms with Gasteiger partial charge < -0.3 is 9.88 Å². The number of amides is 1. The molecule has 0 radical (unpaired) electrons. The van der Waals surface area contributed by atoms with Crippen molar-refractivity contribution in [2.45, 2.75) is 31.7 Å². The molecule has 8 nitrogen and oxygen atoms in total. The van der Waals surface area contributed by atoms with E-state index in [2.05, 4.69) is 15.3 Å². The van der Waals surface area contributed by atoms with Crippen LogP contribution in [0.5, 0.6) is 0 Å². The second-order valence-electron chi connectivity index (χ2n) is 7.82. The van der Waals surface area contributed by atoms with E-state index in [-0.39, 0.29) is 22.9 Å². The van der Waals surface area contributed by atoms with Crippen molar-refractivity contribution in [2.75, 3.05) is 13.1 Å². The Morgan fingerprint density at radius 1 is 1.13 bits per heavy atom. The first-order chi connectivity index (χ1) is 15.2. The maximum atomic E-state index is 12.6. The van der Waals surface area contributed by atoms with Crippen LogP contribution < -0.4 is 5.56 Å². The van der Waals surface area contributed by atoms with Crippen molar-refractivity contribution >= 4 is 28.4 Å². The first kappa shape index (κ1) is 19.6. The van der Waals surface area contributed by atoms with E-state index in [1.165, 1.54) is 0 Å². The summed E-state index contributed by atoms with van der Waals surface area (Å²) >= 11 is 1.62. The van der Waals surface area contributed by atoms with Crippen molar-refractivity contribution in [1.29, 1.82) is 0 Å². The minimum Gasteiger partial charge on any atom is -0.342 e. The Morgan fingerprint density at radius 3 is 2.68 bits per heavy atom. The Morgan fingerprint density at radius 2 is 1.94 bits per heavy atom. The van der Waals surface area contributed by atoms with Crippen molar-refractivity contribution in [1.82, 2.24) is 29.9 Å². The Labute approximate surface area is 182 Å². The largest absolute Gasteiger partial charge is 0.342 e. The summed E-state index contributed by atoms with van der Waals surface area (Å²) in [6.45, 7) is 1.84. The fourth-order valence-electron chi connectivity index (χ4n) is 4.02. The summed E-state index contributed by atoms with van der Waals surface area (Å²) in [4.78, 5) is 34.7. The van der Waals surface area contributed by atoms with Crippen LogP contribution in [0, 0.1) is 0 Å². The highest BCUT2D eigenvalue weighted by Crippen LogP contribution is 2.26. The summed E-state index contributed by atoms with van der Waals surface area (Å²) < 4.78 is 1.68. The number of hydrogen-bond donors (Lipinski definition) is 1. The molecule has 0 saturated carbocycles. The van der Waals surface area contributed by atoms with Gasteiger partial charge in [-0.15, -0.1) is 5.10 Å². The molecule has 1 aliphatic rings. The second kappa shape index (κ2) is 8.43. The van der Waals surface area contributed by atoms with Gasteiger partial charge in [-0.25, -0.2) is 9.67 Å². The van der Waals surface area contributed by atoms with Crippen molar-refractivity contribution in [3.05, 3.63) is 74.5 Å². The van der Waals surface area contributed by atoms with Gasteiger partial charge in [-0.2, -0.15) is 11.3 Å². The lowest BCUT2D eigenvalue weighted by molar-refractivity contribution is -0.131. The van der Waals surface area contributed by atoms with Crippen LogP contribution in [0.3, 0.4) is 0 Å². The number of thiophene rings is 1. The Kier molecular flexibility index (Phi) is 5.33. The summed E-state index contributed by atoms with van der Waals surface area (Å²) in [7, 11) is 0. The van der Waals surface area contributed by atoms with Crippen LogP contribution in [0.4, 0.5) is 0 Å². The molecule has 0 bridgehead atoms. The summed E-state index contributed by atoms with van der Waals surface area (Å²) in [5.41, 5.74) is 2.63. The number of carbonyl (C=O) groups is 1. The van der Waals surface area contributed by atoms with Gasteiger partial charge in [-0.3, -0.25) is 9.59 Å². The molecule has 3 aromatic heterocycles. The zero-order valence-electron chi connectivity index (χ0n) is 16.9. The van der Waals surface area contributed by atoms with Crippen LogP contribution in [0.25, 0.3) is 11.2 Å². The average Bonchev–Trinajstić information content (AvgIpc) is 3.45. The standard InChI is InChI=1S/C22H22N6O2S/c29-18(12-15-4-2-1-3-5-15)27-9-6-17(7-10-27)20-23-21-19(22(30)24-20)25-26-28(21)13-16-8-11-31-14-16/h1-5,8,11,14,17H,6-7,9-10,12-13H2,(H,23,24,30). The highest BCUT2D eigenvalue weighted by atomic mass is 32.1. The fraction of sp³-hybridized carbons (Fsp3) is 0.318. The number of benzene rings is 1.